The van der Waals surface area contributed by atoms with Gasteiger partial charge in [0.05, 0.1) is 24.0 Å². The number of para-hydroxylation sites is 1. The summed E-state index contributed by atoms with van der Waals surface area (Å²) in [5, 5.41) is 30.8. The third-order valence-electron chi connectivity index (χ3n) is 8.11. The molecule has 1 atom stereocenters. The third kappa shape index (κ3) is 11.8. The first kappa shape index (κ1) is 36.6. The van der Waals surface area contributed by atoms with E-state index in [2.05, 4.69) is 26.2 Å². The van der Waals surface area contributed by atoms with E-state index in [1.54, 1.807) is 19.2 Å². The number of aromatic hydroxyl groups is 1. The van der Waals surface area contributed by atoms with Crippen LogP contribution in [0.2, 0.25) is 0 Å². The fourth-order valence-electron chi connectivity index (χ4n) is 5.34. The van der Waals surface area contributed by atoms with Crippen molar-refractivity contribution in [3.63, 3.8) is 0 Å². The number of aryl methyl sites for hydroxylation is 1. The predicted octanol–water partition coefficient (Wildman–Crippen LogP) is 5.20. The van der Waals surface area contributed by atoms with Crippen LogP contribution in [0.1, 0.15) is 35.6 Å². The van der Waals surface area contributed by atoms with Crippen molar-refractivity contribution in [2.45, 2.75) is 38.5 Å². The molecule has 1 heterocycles. The summed E-state index contributed by atoms with van der Waals surface area (Å²) in [4.78, 5) is 36.3. The maximum atomic E-state index is 12.4. The summed E-state index contributed by atoms with van der Waals surface area (Å²) in [6, 6.07) is 30.4. The maximum absolute atomic E-state index is 12.4. The summed E-state index contributed by atoms with van der Waals surface area (Å²) in [6.45, 7) is 4.95. The molecule has 1 fully saturated rings. The molecular weight excluding hydrogens is 622 g/mol. The van der Waals surface area contributed by atoms with Crippen molar-refractivity contribution in [3.8, 4) is 16.9 Å². The van der Waals surface area contributed by atoms with Gasteiger partial charge in [0.1, 0.15) is 11.9 Å². The average Bonchev–Trinajstić information content (AvgIpc) is 3.12. The van der Waals surface area contributed by atoms with Gasteiger partial charge in [-0.25, -0.2) is 4.79 Å². The second-order valence-corrected chi connectivity index (χ2v) is 11.8. The number of nitrogens with one attached hydrogen (secondary N) is 4. The largest absolute Gasteiger partial charge is 0.506 e. The number of anilines is 2. The Labute approximate surface area is 287 Å². The number of rotatable bonds is 12. The number of carbonyl (C=O) groups is 3. The molecule has 0 radical (unpaired) electrons. The van der Waals surface area contributed by atoms with E-state index < -0.39 is 12.2 Å². The highest BCUT2D eigenvalue weighted by molar-refractivity contribution is 5.91. The van der Waals surface area contributed by atoms with Crippen LogP contribution in [-0.2, 0) is 20.9 Å². The number of piperidine rings is 1. The molecule has 258 valence electrons. The van der Waals surface area contributed by atoms with Crippen LogP contribution in [0.4, 0.5) is 16.2 Å². The SMILES string of the molecule is CNC(=O)CN1CCC(OC(=O)Nc2ccccc2-c2ccccc2)CC1.Cc1ccc(CNCC(O)c2ccc(O)c(NC=O)c2)cc1. The highest BCUT2D eigenvalue weighted by atomic mass is 16.6. The number of likely N-dealkylation sites (tertiary alicyclic amines) is 1. The van der Waals surface area contributed by atoms with Gasteiger partial charge in [0.2, 0.25) is 12.3 Å². The standard InChI is InChI=1S/C21H25N3O3.C17H20N2O3/c1-22-20(25)15-24-13-11-17(12-14-24)27-21(26)23-19-10-6-5-9-18(19)16-7-3-2-4-8-16;1-12-2-4-13(5-3-12)9-18-10-17(22)14-6-7-16(21)15(8-14)19-11-20/h2-10,17H,11-15H2,1H3,(H,22,25)(H,23,26);2-8,11,17-18,21-22H,9-10H2,1H3,(H,19,20). The number of phenols is 1. The second kappa shape index (κ2) is 18.9. The lowest BCUT2D eigenvalue weighted by Gasteiger charge is -2.31. The number of hydrogen-bond donors (Lipinski definition) is 6. The molecule has 1 aliphatic rings. The Bertz CT molecular complexity index is 1640. The molecule has 5 rings (SSSR count). The number of carbonyl (C=O) groups excluding carboxylic acids is 3. The lowest BCUT2D eigenvalue weighted by atomic mass is 10.0. The van der Waals surface area contributed by atoms with Crippen molar-refractivity contribution >= 4 is 29.8 Å². The maximum Gasteiger partial charge on any atom is 0.411 e. The van der Waals surface area contributed by atoms with E-state index in [4.69, 9.17) is 4.74 Å². The lowest BCUT2D eigenvalue weighted by molar-refractivity contribution is -0.122. The number of amides is 3. The zero-order valence-electron chi connectivity index (χ0n) is 27.9. The molecule has 1 unspecified atom stereocenters. The van der Waals surface area contributed by atoms with E-state index in [0.717, 1.165) is 48.3 Å². The van der Waals surface area contributed by atoms with Gasteiger partial charge in [-0.2, -0.15) is 0 Å². The van der Waals surface area contributed by atoms with Crippen LogP contribution in [-0.4, -0.2) is 72.9 Å². The topological polar surface area (TPSA) is 152 Å². The molecular formula is C38H45N5O6. The minimum Gasteiger partial charge on any atom is -0.506 e. The van der Waals surface area contributed by atoms with E-state index in [-0.39, 0.29) is 23.4 Å². The molecule has 1 saturated heterocycles. The summed E-state index contributed by atoms with van der Waals surface area (Å²) in [5.74, 6) is -0.0275. The van der Waals surface area contributed by atoms with E-state index in [9.17, 15) is 24.6 Å². The molecule has 3 amide bonds. The number of hydrogen-bond acceptors (Lipinski definition) is 8. The van der Waals surface area contributed by atoms with Gasteiger partial charge in [-0.1, -0.05) is 84.4 Å². The fraction of sp³-hybridized carbons (Fsp3) is 0.289. The van der Waals surface area contributed by atoms with Gasteiger partial charge < -0.3 is 30.9 Å². The summed E-state index contributed by atoms with van der Waals surface area (Å²) < 4.78 is 5.59. The number of nitrogens with zero attached hydrogens (tertiary/aromatic N) is 1. The Morgan fingerprint density at radius 3 is 2.33 bits per heavy atom. The number of aliphatic hydroxyl groups is 1. The molecule has 11 nitrogen and oxygen atoms in total. The van der Waals surface area contributed by atoms with E-state index in [1.807, 2.05) is 85.8 Å². The van der Waals surface area contributed by atoms with Gasteiger partial charge >= 0.3 is 6.09 Å². The third-order valence-corrected chi connectivity index (χ3v) is 8.11. The fourth-order valence-corrected chi connectivity index (χ4v) is 5.34. The normalized spacial score (nSPS) is 13.7. The van der Waals surface area contributed by atoms with Crippen LogP contribution < -0.4 is 21.3 Å². The van der Waals surface area contributed by atoms with Crippen molar-refractivity contribution < 1.29 is 29.3 Å². The van der Waals surface area contributed by atoms with E-state index >= 15 is 0 Å². The number of aliphatic hydroxyl groups excluding tert-OH is 1. The Morgan fingerprint density at radius 1 is 0.939 bits per heavy atom. The molecule has 49 heavy (non-hydrogen) atoms. The molecule has 0 aromatic heterocycles. The van der Waals surface area contributed by atoms with Gasteiger partial charge in [-0.05, 0) is 54.7 Å². The Hall–Kier alpha value is -5.23. The summed E-state index contributed by atoms with van der Waals surface area (Å²) in [7, 11) is 1.63. The second-order valence-electron chi connectivity index (χ2n) is 11.8. The number of phenolic OH excluding ortho intramolecular Hbond substituents is 1. The van der Waals surface area contributed by atoms with Crippen LogP contribution in [0, 0.1) is 6.92 Å². The van der Waals surface area contributed by atoms with Gasteiger partial charge in [0, 0.05) is 38.8 Å². The van der Waals surface area contributed by atoms with Crippen LogP contribution in [0.5, 0.6) is 5.75 Å². The van der Waals surface area contributed by atoms with Gasteiger partial charge in [0.25, 0.3) is 0 Å². The van der Waals surface area contributed by atoms with E-state index in [0.29, 0.717) is 31.6 Å². The molecule has 0 aliphatic carbocycles. The molecule has 0 spiro atoms. The molecule has 1 aliphatic heterocycles. The van der Waals surface area contributed by atoms with Crippen LogP contribution in [0.15, 0.2) is 97.1 Å². The first-order valence-corrected chi connectivity index (χ1v) is 16.3. The van der Waals surface area contributed by atoms with Gasteiger partial charge in [-0.3, -0.25) is 19.8 Å². The van der Waals surface area contributed by atoms with Gasteiger partial charge in [0.15, 0.2) is 0 Å². The Morgan fingerprint density at radius 2 is 1.63 bits per heavy atom. The highest BCUT2D eigenvalue weighted by Gasteiger charge is 2.23. The molecule has 4 aromatic rings. The van der Waals surface area contributed by atoms with Crippen molar-refractivity contribution in [1.82, 2.24) is 15.5 Å². The zero-order valence-corrected chi connectivity index (χ0v) is 27.9. The average molecular weight is 668 g/mol. The molecule has 6 N–H and O–H groups in total. The molecule has 0 bridgehead atoms. The lowest BCUT2D eigenvalue weighted by Crippen LogP contribution is -2.43. The Balaban J connectivity index is 0.000000226. The minimum absolute atomic E-state index is 0.00429. The number of likely N-dealkylation sites (N-methyl/N-ethyl adjacent to an activating group) is 1. The van der Waals surface area contributed by atoms with Crippen molar-refractivity contribution in [2.24, 2.45) is 0 Å². The van der Waals surface area contributed by atoms with Crippen molar-refractivity contribution in [1.29, 1.82) is 0 Å². The molecule has 0 saturated carbocycles. The monoisotopic (exact) mass is 667 g/mol. The van der Waals surface area contributed by atoms with Crippen LogP contribution in [0.3, 0.4) is 0 Å². The number of ether oxygens (including phenoxy) is 1. The summed E-state index contributed by atoms with van der Waals surface area (Å²) in [6.07, 6.45) is 0.646. The number of benzene rings is 4. The Kier molecular flexibility index (Phi) is 14.1. The smallest absolute Gasteiger partial charge is 0.411 e. The van der Waals surface area contributed by atoms with Gasteiger partial charge in [-0.15, -0.1) is 0 Å². The first-order chi connectivity index (χ1) is 23.7. The highest BCUT2D eigenvalue weighted by Crippen LogP contribution is 2.28. The molecule has 11 heteroatoms. The quantitative estimate of drug-likeness (QED) is 0.0891. The van der Waals surface area contributed by atoms with Crippen LogP contribution >= 0.6 is 0 Å². The van der Waals surface area contributed by atoms with Crippen molar-refractivity contribution in [3.05, 3.63) is 114 Å². The minimum atomic E-state index is -0.724. The predicted molar refractivity (Wildman–Crippen MR) is 191 cm³/mol. The summed E-state index contributed by atoms with van der Waals surface area (Å²) in [5.41, 5.74) is 5.98. The first-order valence-electron chi connectivity index (χ1n) is 16.3. The summed E-state index contributed by atoms with van der Waals surface area (Å²) >= 11 is 0. The van der Waals surface area contributed by atoms with Crippen molar-refractivity contribution in [2.75, 3.05) is 43.9 Å². The van der Waals surface area contributed by atoms with E-state index in [1.165, 1.54) is 11.6 Å². The zero-order chi connectivity index (χ0) is 35.0. The molecule has 4 aromatic carbocycles. The van der Waals surface area contributed by atoms with Crippen LogP contribution in [0.25, 0.3) is 11.1 Å².